The molecule has 0 aliphatic carbocycles. The molecule has 20 heavy (non-hydrogen) atoms. The molecule has 1 aromatic carbocycles. The molecule has 1 unspecified atom stereocenters. The number of anilines is 1. The molecule has 0 heterocycles. The van der Waals surface area contributed by atoms with Crippen LogP contribution in [0.5, 0.6) is 0 Å². The van der Waals surface area contributed by atoms with Crippen molar-refractivity contribution in [2.24, 2.45) is 0 Å². The summed E-state index contributed by atoms with van der Waals surface area (Å²) in [7, 11) is 0. The first-order valence-electron chi connectivity index (χ1n) is 6.30. The van der Waals surface area contributed by atoms with Crippen LogP contribution in [-0.2, 0) is 14.7 Å². The van der Waals surface area contributed by atoms with E-state index in [1.807, 2.05) is 18.5 Å². The predicted molar refractivity (Wildman–Crippen MR) is 71.7 cm³/mol. The molecule has 0 aliphatic rings. The van der Waals surface area contributed by atoms with Crippen molar-refractivity contribution in [3.05, 3.63) is 30.3 Å². The fourth-order valence-corrected chi connectivity index (χ4v) is 1.40. The van der Waals surface area contributed by atoms with E-state index < -0.39 is 18.1 Å². The number of carboxylic acids is 1. The number of carbonyl (C=O) groups is 2. The van der Waals surface area contributed by atoms with Gasteiger partial charge in [0.1, 0.15) is 0 Å². The zero-order valence-corrected chi connectivity index (χ0v) is 11.2. The van der Waals surface area contributed by atoms with E-state index >= 15 is 0 Å². The number of nitrogens with one attached hydrogen (secondary N) is 2. The van der Waals surface area contributed by atoms with Crippen LogP contribution >= 0.6 is 0 Å². The Kier molecular flexibility index (Phi) is 7.08. The molecule has 1 atom stereocenters. The van der Waals surface area contributed by atoms with Gasteiger partial charge in [0.15, 0.2) is 6.10 Å². The van der Waals surface area contributed by atoms with Gasteiger partial charge in [-0.1, -0.05) is 38.0 Å². The molecule has 7 nitrogen and oxygen atoms in total. The Morgan fingerprint density at radius 2 is 2.00 bits per heavy atom. The van der Waals surface area contributed by atoms with Gasteiger partial charge < -0.3 is 10.4 Å². The van der Waals surface area contributed by atoms with E-state index in [1.54, 1.807) is 24.3 Å². The van der Waals surface area contributed by atoms with Gasteiger partial charge >= 0.3 is 12.0 Å². The van der Waals surface area contributed by atoms with E-state index in [2.05, 4.69) is 15.2 Å². The molecule has 0 aromatic heterocycles. The summed E-state index contributed by atoms with van der Waals surface area (Å²) in [5.74, 6) is -1.14. The van der Waals surface area contributed by atoms with Crippen LogP contribution in [-0.4, -0.2) is 23.2 Å². The molecule has 0 radical (unpaired) electrons. The molecule has 0 fully saturated rings. The third-order valence-corrected chi connectivity index (χ3v) is 2.43. The highest BCUT2D eigenvalue weighted by Gasteiger charge is 2.19. The van der Waals surface area contributed by atoms with Crippen molar-refractivity contribution >= 4 is 17.7 Å². The number of benzene rings is 1. The first kappa shape index (κ1) is 15.9. The molecule has 0 saturated heterocycles. The number of unbranched alkanes of at least 4 members (excludes halogenated alkanes) is 1. The third kappa shape index (κ3) is 6.17. The highest BCUT2D eigenvalue weighted by molar-refractivity contribution is 5.88. The van der Waals surface area contributed by atoms with Crippen molar-refractivity contribution in [1.82, 2.24) is 5.48 Å². The molecule has 0 aliphatic heterocycles. The molecule has 1 rings (SSSR count). The second-order valence-corrected chi connectivity index (χ2v) is 4.07. The lowest BCUT2D eigenvalue weighted by Gasteiger charge is -2.12. The molecule has 110 valence electrons. The number of amides is 2. The lowest BCUT2D eigenvalue weighted by atomic mass is 10.2. The van der Waals surface area contributed by atoms with Gasteiger partial charge in [0, 0.05) is 5.69 Å². The summed E-state index contributed by atoms with van der Waals surface area (Å²) >= 11 is 0. The van der Waals surface area contributed by atoms with Crippen molar-refractivity contribution in [2.75, 3.05) is 5.32 Å². The minimum absolute atomic E-state index is 0.313. The Morgan fingerprint density at radius 3 is 2.60 bits per heavy atom. The zero-order chi connectivity index (χ0) is 14.8. The molecular weight excluding hydrogens is 264 g/mol. The average molecular weight is 282 g/mol. The average Bonchev–Trinajstić information content (AvgIpc) is 2.43. The van der Waals surface area contributed by atoms with Gasteiger partial charge in [-0.15, -0.1) is 4.99 Å². The van der Waals surface area contributed by atoms with Crippen molar-refractivity contribution < 1.29 is 24.6 Å². The number of urea groups is 1. The van der Waals surface area contributed by atoms with E-state index in [9.17, 15) is 9.59 Å². The quantitative estimate of drug-likeness (QED) is 0.502. The Morgan fingerprint density at radius 1 is 1.30 bits per heavy atom. The molecule has 0 bridgehead atoms. The number of hydrogen-bond acceptors (Lipinski definition) is 4. The number of para-hydroxylation sites is 1. The maximum Gasteiger partial charge on any atom is 0.345 e. The lowest BCUT2D eigenvalue weighted by molar-refractivity contribution is -0.346. The van der Waals surface area contributed by atoms with E-state index in [1.165, 1.54) is 0 Å². The van der Waals surface area contributed by atoms with Gasteiger partial charge in [0.05, 0.1) is 0 Å². The van der Waals surface area contributed by atoms with Crippen LogP contribution in [0.25, 0.3) is 0 Å². The van der Waals surface area contributed by atoms with E-state index in [4.69, 9.17) is 5.11 Å². The zero-order valence-electron chi connectivity index (χ0n) is 11.2. The Hall–Kier alpha value is -2.12. The highest BCUT2D eigenvalue weighted by Crippen LogP contribution is 2.06. The first-order chi connectivity index (χ1) is 9.63. The van der Waals surface area contributed by atoms with E-state index in [0.29, 0.717) is 18.5 Å². The summed E-state index contributed by atoms with van der Waals surface area (Å²) in [6, 6.07) is 8.07. The maximum atomic E-state index is 11.4. The summed E-state index contributed by atoms with van der Waals surface area (Å²) in [5, 5.41) is 11.4. The largest absolute Gasteiger partial charge is 0.479 e. The van der Waals surface area contributed by atoms with Crippen LogP contribution in [0.3, 0.4) is 0 Å². The number of hydrogen-bond donors (Lipinski definition) is 3. The van der Waals surface area contributed by atoms with E-state index in [-0.39, 0.29) is 0 Å². The van der Waals surface area contributed by atoms with Crippen LogP contribution in [0, 0.1) is 0 Å². The normalized spacial score (nSPS) is 11.7. The number of rotatable bonds is 8. The minimum atomic E-state index is -1.14. The van der Waals surface area contributed by atoms with Gasteiger partial charge in [-0.25, -0.2) is 9.59 Å². The molecule has 7 heteroatoms. The summed E-state index contributed by atoms with van der Waals surface area (Å²) in [6.45, 7) is 1.94. The lowest BCUT2D eigenvalue weighted by Crippen LogP contribution is -2.33. The second kappa shape index (κ2) is 8.89. The maximum absolute atomic E-state index is 11.4. The number of carbonyl (C=O) groups excluding carboxylic acids is 1. The number of aliphatic carboxylic acids is 1. The Labute approximate surface area is 116 Å². The van der Waals surface area contributed by atoms with Crippen molar-refractivity contribution in [1.29, 1.82) is 0 Å². The molecular formula is C13H18N2O5. The van der Waals surface area contributed by atoms with Gasteiger partial charge in [-0.3, -0.25) is 0 Å². The third-order valence-electron chi connectivity index (χ3n) is 2.43. The van der Waals surface area contributed by atoms with Crippen LogP contribution in [0.15, 0.2) is 30.3 Å². The second-order valence-electron chi connectivity index (χ2n) is 4.07. The van der Waals surface area contributed by atoms with Crippen LogP contribution in [0.2, 0.25) is 0 Å². The first-order valence-corrected chi connectivity index (χ1v) is 6.30. The fourth-order valence-electron chi connectivity index (χ4n) is 1.40. The van der Waals surface area contributed by atoms with Crippen molar-refractivity contribution in [3.8, 4) is 0 Å². The smallest absolute Gasteiger partial charge is 0.345 e. The minimum Gasteiger partial charge on any atom is -0.479 e. The molecule has 0 spiro atoms. The molecule has 1 aromatic rings. The van der Waals surface area contributed by atoms with Crippen LogP contribution < -0.4 is 10.8 Å². The Bertz CT molecular complexity index is 424. The molecule has 3 N–H and O–H groups in total. The highest BCUT2D eigenvalue weighted by atomic mass is 17.3. The van der Waals surface area contributed by atoms with Crippen LogP contribution in [0.4, 0.5) is 10.5 Å². The number of carboxylic acid groups (broad SMARTS) is 1. The van der Waals surface area contributed by atoms with Gasteiger partial charge in [-0.2, -0.15) is 10.4 Å². The van der Waals surface area contributed by atoms with Gasteiger partial charge in [0.2, 0.25) is 0 Å². The van der Waals surface area contributed by atoms with Crippen molar-refractivity contribution in [3.63, 3.8) is 0 Å². The summed E-state index contributed by atoms with van der Waals surface area (Å²) in [6.07, 6.45) is 0.742. The predicted octanol–water partition coefficient (Wildman–Crippen LogP) is 2.31. The Balaban J connectivity index is 2.28. The van der Waals surface area contributed by atoms with E-state index in [0.717, 1.165) is 6.42 Å². The van der Waals surface area contributed by atoms with Gasteiger partial charge in [0.25, 0.3) is 0 Å². The summed E-state index contributed by atoms with van der Waals surface area (Å²) in [5.41, 5.74) is 2.54. The summed E-state index contributed by atoms with van der Waals surface area (Å²) in [4.78, 5) is 31.3. The number of hydroxylamine groups is 1. The van der Waals surface area contributed by atoms with Crippen molar-refractivity contribution in [2.45, 2.75) is 32.3 Å². The standard InChI is InChI=1S/C13H18N2O5/c1-2-3-9-11(12(16)17)19-20-15-13(18)14-10-7-5-4-6-8-10/h4-8,11H,2-3,9H2,1H3,(H,16,17)(H2,14,15,18). The van der Waals surface area contributed by atoms with Gasteiger partial charge in [-0.05, 0) is 18.6 Å². The molecule has 2 amide bonds. The SMILES string of the molecule is CCCCC(OONC(=O)Nc1ccccc1)C(=O)O. The van der Waals surface area contributed by atoms with Crippen LogP contribution in [0.1, 0.15) is 26.2 Å². The topological polar surface area (TPSA) is 96.9 Å². The fraction of sp³-hybridized carbons (Fsp3) is 0.385. The summed E-state index contributed by atoms with van der Waals surface area (Å²) < 4.78 is 0. The monoisotopic (exact) mass is 282 g/mol. The molecule has 0 saturated carbocycles.